The van der Waals surface area contributed by atoms with Crippen molar-refractivity contribution in [3.05, 3.63) is 34.9 Å². The van der Waals surface area contributed by atoms with Crippen molar-refractivity contribution in [3.63, 3.8) is 0 Å². The van der Waals surface area contributed by atoms with Gasteiger partial charge in [0.2, 0.25) is 0 Å². The van der Waals surface area contributed by atoms with E-state index in [-0.39, 0.29) is 30.1 Å². The van der Waals surface area contributed by atoms with E-state index in [4.69, 9.17) is 21.1 Å². The molecule has 3 aliphatic heterocycles. The third-order valence-corrected chi connectivity index (χ3v) is 6.19. The highest BCUT2D eigenvalue weighted by atomic mass is 127. The zero-order valence-electron chi connectivity index (χ0n) is 15.2. The van der Waals surface area contributed by atoms with E-state index in [1.54, 1.807) is 7.11 Å². The summed E-state index contributed by atoms with van der Waals surface area (Å²) in [6, 6.07) is 7.82. The van der Waals surface area contributed by atoms with Gasteiger partial charge in [0.15, 0.2) is 5.96 Å². The Morgan fingerprint density at radius 1 is 1.27 bits per heavy atom. The molecule has 5 nitrogen and oxygen atoms in total. The maximum absolute atomic E-state index is 6.07. The molecule has 0 radical (unpaired) electrons. The lowest BCUT2D eigenvalue weighted by molar-refractivity contribution is 0.0763. The molecule has 0 amide bonds. The third kappa shape index (κ3) is 3.84. The van der Waals surface area contributed by atoms with Gasteiger partial charge in [0.1, 0.15) is 0 Å². The lowest BCUT2D eigenvalue weighted by Gasteiger charge is -2.25. The fourth-order valence-corrected chi connectivity index (χ4v) is 4.79. The first-order chi connectivity index (χ1) is 12.2. The number of ether oxygens (including phenoxy) is 2. The van der Waals surface area contributed by atoms with Gasteiger partial charge >= 0.3 is 0 Å². The first-order valence-corrected chi connectivity index (χ1v) is 9.46. The van der Waals surface area contributed by atoms with Crippen molar-refractivity contribution in [2.45, 2.75) is 31.2 Å². The fraction of sp³-hybridized carbons (Fsp3) is 0.632. The van der Waals surface area contributed by atoms with Crippen LogP contribution in [0.4, 0.5) is 0 Å². The molecule has 0 aliphatic carbocycles. The van der Waals surface area contributed by atoms with Crippen molar-refractivity contribution in [1.29, 1.82) is 0 Å². The minimum absolute atomic E-state index is 0. The number of guanidine groups is 1. The van der Waals surface area contributed by atoms with Crippen LogP contribution in [0.25, 0.3) is 0 Å². The number of fused-ring (bicyclic) bond motifs is 5. The zero-order valence-corrected chi connectivity index (χ0v) is 18.3. The highest BCUT2D eigenvalue weighted by Crippen LogP contribution is 2.47. The highest BCUT2D eigenvalue weighted by molar-refractivity contribution is 14.0. The number of hydrogen-bond acceptors (Lipinski definition) is 3. The average Bonchev–Trinajstić information content (AvgIpc) is 3.33. The molecule has 3 aliphatic rings. The summed E-state index contributed by atoms with van der Waals surface area (Å²) >= 11 is 5.98. The summed E-state index contributed by atoms with van der Waals surface area (Å²) in [6.45, 7) is 2.77. The molecule has 4 rings (SSSR count). The maximum atomic E-state index is 6.07. The number of hydrogen-bond donors (Lipinski definition) is 1. The van der Waals surface area contributed by atoms with E-state index in [1.165, 1.54) is 12.8 Å². The highest BCUT2D eigenvalue weighted by Gasteiger charge is 2.53. The molecule has 3 saturated heterocycles. The van der Waals surface area contributed by atoms with Gasteiger partial charge in [0.25, 0.3) is 0 Å². The van der Waals surface area contributed by atoms with Crippen LogP contribution in [0.3, 0.4) is 0 Å². The van der Waals surface area contributed by atoms with Gasteiger partial charge in [-0.3, -0.25) is 4.99 Å². The number of benzene rings is 1. The van der Waals surface area contributed by atoms with Crippen LogP contribution in [0.1, 0.15) is 24.5 Å². The molecule has 2 bridgehead atoms. The number of nitrogens with one attached hydrogen (secondary N) is 1. The van der Waals surface area contributed by atoms with E-state index >= 15 is 0 Å². The van der Waals surface area contributed by atoms with E-state index in [0.29, 0.717) is 30.6 Å². The van der Waals surface area contributed by atoms with Crippen LogP contribution in [-0.2, 0) is 9.47 Å². The number of likely N-dealkylation sites (tertiary alicyclic amines) is 1. The van der Waals surface area contributed by atoms with Crippen LogP contribution in [-0.4, -0.2) is 56.9 Å². The largest absolute Gasteiger partial charge is 0.375 e. The van der Waals surface area contributed by atoms with Gasteiger partial charge in [-0.2, -0.15) is 0 Å². The lowest BCUT2D eigenvalue weighted by atomic mass is 9.82. The summed E-state index contributed by atoms with van der Waals surface area (Å²) in [4.78, 5) is 6.88. The topological polar surface area (TPSA) is 46.1 Å². The van der Waals surface area contributed by atoms with E-state index in [2.05, 4.69) is 15.2 Å². The van der Waals surface area contributed by atoms with Crippen LogP contribution in [0.15, 0.2) is 29.3 Å². The molecule has 0 spiro atoms. The van der Waals surface area contributed by atoms with Crippen LogP contribution in [0.2, 0.25) is 5.02 Å². The summed E-state index contributed by atoms with van der Waals surface area (Å²) in [7, 11) is 3.59. The molecular formula is C19H27ClIN3O2. The van der Waals surface area contributed by atoms with Gasteiger partial charge in [-0.1, -0.05) is 23.7 Å². The second kappa shape index (κ2) is 8.63. The Labute approximate surface area is 177 Å². The van der Waals surface area contributed by atoms with Gasteiger partial charge in [-0.05, 0) is 30.5 Å². The number of methoxy groups -OCH3 is 1. The molecule has 0 saturated carbocycles. The van der Waals surface area contributed by atoms with Crippen molar-refractivity contribution in [3.8, 4) is 0 Å². The molecule has 1 aromatic rings. The van der Waals surface area contributed by atoms with Gasteiger partial charge in [-0.15, -0.1) is 24.0 Å². The van der Waals surface area contributed by atoms with Crippen LogP contribution in [0, 0.1) is 11.8 Å². The second-order valence-corrected chi connectivity index (χ2v) is 7.66. The molecule has 1 N–H and O–H groups in total. The van der Waals surface area contributed by atoms with Gasteiger partial charge < -0.3 is 19.7 Å². The standard InChI is InChI=1S/C19H26ClN3O2.HI/c1-21-19(22-9-18(24-2)12-3-5-13(20)6-4-12)23-10-14-15(11-23)17-8-7-16(14)25-17;/h3-6,14-18H,7-11H2,1-2H3,(H,21,22);1H. The molecule has 3 heterocycles. The number of halogens is 2. The van der Waals surface area contributed by atoms with E-state index in [9.17, 15) is 0 Å². The van der Waals surface area contributed by atoms with Crippen LogP contribution in [0.5, 0.6) is 0 Å². The minimum atomic E-state index is -0.0318. The monoisotopic (exact) mass is 491 g/mol. The Morgan fingerprint density at radius 3 is 2.42 bits per heavy atom. The quantitative estimate of drug-likeness (QED) is 0.399. The van der Waals surface area contributed by atoms with Crippen molar-refractivity contribution < 1.29 is 9.47 Å². The summed E-state index contributed by atoms with van der Waals surface area (Å²) in [5.74, 6) is 2.31. The molecule has 7 heteroatoms. The Bertz CT molecular complexity index is 624. The van der Waals surface area contributed by atoms with Crippen molar-refractivity contribution in [2.75, 3.05) is 33.8 Å². The first kappa shape index (κ1) is 20.2. The molecule has 5 atom stereocenters. The fourth-order valence-electron chi connectivity index (χ4n) is 4.66. The van der Waals surface area contributed by atoms with Gasteiger partial charge in [-0.25, -0.2) is 0 Å². The number of nitrogens with zero attached hydrogens (tertiary/aromatic N) is 2. The van der Waals surface area contributed by atoms with Crippen molar-refractivity contribution in [1.82, 2.24) is 10.2 Å². The number of aliphatic imine (C=N–C) groups is 1. The normalized spacial score (nSPS) is 30.9. The van der Waals surface area contributed by atoms with Crippen molar-refractivity contribution in [2.24, 2.45) is 16.8 Å². The summed E-state index contributed by atoms with van der Waals surface area (Å²) in [5.41, 5.74) is 1.11. The zero-order chi connectivity index (χ0) is 17.4. The summed E-state index contributed by atoms with van der Waals surface area (Å²) in [5, 5.41) is 4.23. The molecular weight excluding hydrogens is 465 g/mol. The smallest absolute Gasteiger partial charge is 0.193 e. The third-order valence-electron chi connectivity index (χ3n) is 5.94. The van der Waals surface area contributed by atoms with E-state index in [0.717, 1.165) is 29.6 Å². The molecule has 3 fully saturated rings. The predicted octanol–water partition coefficient (Wildman–Crippen LogP) is 3.33. The van der Waals surface area contributed by atoms with Crippen LogP contribution < -0.4 is 5.32 Å². The van der Waals surface area contributed by atoms with E-state index in [1.807, 2.05) is 31.3 Å². The summed E-state index contributed by atoms with van der Waals surface area (Å²) in [6.07, 6.45) is 3.37. The molecule has 0 aromatic heterocycles. The molecule has 5 unspecified atom stereocenters. The van der Waals surface area contributed by atoms with Crippen LogP contribution >= 0.6 is 35.6 Å². The van der Waals surface area contributed by atoms with Gasteiger partial charge in [0.05, 0.1) is 18.3 Å². The van der Waals surface area contributed by atoms with Gasteiger partial charge in [0, 0.05) is 50.7 Å². The Kier molecular flexibility index (Phi) is 6.69. The lowest BCUT2D eigenvalue weighted by Crippen LogP contribution is -2.43. The Balaban J connectivity index is 0.00000196. The predicted molar refractivity (Wildman–Crippen MR) is 114 cm³/mol. The SMILES string of the molecule is CN=C(NCC(OC)c1ccc(Cl)cc1)N1CC2C3CCC(O3)C2C1.I. The van der Waals surface area contributed by atoms with Crippen molar-refractivity contribution >= 4 is 41.5 Å². The number of rotatable bonds is 4. The van der Waals surface area contributed by atoms with E-state index < -0.39 is 0 Å². The average molecular weight is 492 g/mol. The molecule has 144 valence electrons. The Morgan fingerprint density at radius 2 is 1.88 bits per heavy atom. The molecule has 26 heavy (non-hydrogen) atoms. The Hall–Kier alpha value is -0.570. The minimum Gasteiger partial charge on any atom is -0.375 e. The summed E-state index contributed by atoms with van der Waals surface area (Å²) < 4.78 is 11.7. The molecule has 1 aromatic carbocycles. The maximum Gasteiger partial charge on any atom is 0.193 e. The first-order valence-electron chi connectivity index (χ1n) is 9.09. The second-order valence-electron chi connectivity index (χ2n) is 7.23.